The molecule has 8 heteroatoms. The van der Waals surface area contributed by atoms with Crippen LogP contribution in [0.4, 0.5) is 0 Å². The number of unbranched alkanes of at least 4 members (excludes halogenated alkanes) is 1. The summed E-state index contributed by atoms with van der Waals surface area (Å²) in [7, 11) is -0.137. The van der Waals surface area contributed by atoms with Gasteiger partial charge in [0.1, 0.15) is 0 Å². The number of methoxy groups -OCH3 is 2. The third-order valence-electron chi connectivity index (χ3n) is 5.11. The number of halogens is 1. The molecule has 6 nitrogen and oxygen atoms in total. The smallest absolute Gasteiger partial charge is 0.240 e. The second-order valence-electron chi connectivity index (χ2n) is 7.06. The molecule has 1 aliphatic rings. The van der Waals surface area contributed by atoms with Crippen molar-refractivity contribution in [2.75, 3.05) is 33.9 Å². The zero-order valence-electron chi connectivity index (χ0n) is 16.8. The van der Waals surface area contributed by atoms with Crippen LogP contribution in [0.5, 0.6) is 11.5 Å². The molecule has 0 atom stereocenters. The van der Waals surface area contributed by atoms with Gasteiger partial charge in [-0.05, 0) is 73.3 Å². The normalized spacial score (nSPS) is 14.4. The number of fused-ring (bicyclic) bond motifs is 1. The molecule has 0 saturated heterocycles. The van der Waals surface area contributed by atoms with E-state index >= 15 is 0 Å². The summed E-state index contributed by atoms with van der Waals surface area (Å²) >= 11 is 3.32. The van der Waals surface area contributed by atoms with Crippen LogP contribution < -0.4 is 14.2 Å². The number of sulfonamides is 1. The minimum Gasteiger partial charge on any atom is -0.493 e. The molecule has 2 aromatic carbocycles. The van der Waals surface area contributed by atoms with Crippen molar-refractivity contribution >= 4 is 26.0 Å². The highest BCUT2D eigenvalue weighted by molar-refractivity contribution is 9.10. The highest BCUT2D eigenvalue weighted by atomic mass is 79.9. The van der Waals surface area contributed by atoms with E-state index in [9.17, 15) is 8.42 Å². The van der Waals surface area contributed by atoms with Crippen LogP contribution in [0.1, 0.15) is 24.0 Å². The summed E-state index contributed by atoms with van der Waals surface area (Å²) in [6.45, 7) is 3.25. The summed E-state index contributed by atoms with van der Waals surface area (Å²) in [6.07, 6.45) is 2.71. The van der Waals surface area contributed by atoms with E-state index in [-0.39, 0.29) is 4.90 Å². The maximum absolute atomic E-state index is 12.3. The number of benzene rings is 2. The Morgan fingerprint density at radius 1 is 1.03 bits per heavy atom. The fourth-order valence-corrected chi connectivity index (χ4v) is 4.83. The van der Waals surface area contributed by atoms with Crippen LogP contribution in [-0.2, 0) is 23.0 Å². The van der Waals surface area contributed by atoms with Gasteiger partial charge in [-0.15, -0.1) is 0 Å². The summed E-state index contributed by atoms with van der Waals surface area (Å²) in [5, 5.41) is 0. The van der Waals surface area contributed by atoms with Crippen molar-refractivity contribution in [1.82, 2.24) is 9.62 Å². The third kappa shape index (κ3) is 5.72. The molecule has 0 amide bonds. The molecule has 0 unspecified atom stereocenters. The van der Waals surface area contributed by atoms with E-state index < -0.39 is 10.0 Å². The van der Waals surface area contributed by atoms with Gasteiger partial charge in [-0.3, -0.25) is 4.90 Å². The lowest BCUT2D eigenvalue weighted by molar-refractivity contribution is 0.248. The molecule has 158 valence electrons. The van der Waals surface area contributed by atoms with E-state index in [4.69, 9.17) is 9.47 Å². The van der Waals surface area contributed by atoms with Crippen molar-refractivity contribution in [3.8, 4) is 11.5 Å². The van der Waals surface area contributed by atoms with Crippen molar-refractivity contribution in [3.05, 3.63) is 52.0 Å². The predicted molar refractivity (Wildman–Crippen MR) is 117 cm³/mol. The topological polar surface area (TPSA) is 67.9 Å². The maximum Gasteiger partial charge on any atom is 0.240 e. The highest BCUT2D eigenvalue weighted by Gasteiger charge is 2.19. The number of hydrogen-bond donors (Lipinski definition) is 1. The molecule has 1 N–H and O–H groups in total. The Balaban J connectivity index is 1.45. The Kier molecular flexibility index (Phi) is 7.56. The zero-order chi connectivity index (χ0) is 20.9. The lowest BCUT2D eigenvalue weighted by Crippen LogP contribution is -2.32. The summed E-state index contributed by atoms with van der Waals surface area (Å²) in [5.74, 6) is 1.54. The van der Waals surface area contributed by atoms with Crippen molar-refractivity contribution in [1.29, 1.82) is 0 Å². The van der Waals surface area contributed by atoms with Crippen molar-refractivity contribution < 1.29 is 17.9 Å². The highest BCUT2D eigenvalue weighted by Crippen LogP contribution is 2.33. The lowest BCUT2D eigenvalue weighted by Gasteiger charge is -2.29. The Hall–Kier alpha value is -1.61. The van der Waals surface area contributed by atoms with Crippen LogP contribution in [0, 0.1) is 0 Å². The van der Waals surface area contributed by atoms with Crippen molar-refractivity contribution in [2.24, 2.45) is 0 Å². The average Bonchev–Trinajstić information content (AvgIpc) is 2.72. The molecule has 0 saturated carbocycles. The maximum atomic E-state index is 12.3. The van der Waals surface area contributed by atoms with Gasteiger partial charge in [0.2, 0.25) is 10.0 Å². The molecule has 0 aromatic heterocycles. The van der Waals surface area contributed by atoms with E-state index in [2.05, 4.69) is 37.7 Å². The molecule has 1 heterocycles. The minimum absolute atomic E-state index is 0.290. The van der Waals surface area contributed by atoms with E-state index in [0.717, 1.165) is 54.9 Å². The first kappa shape index (κ1) is 22.1. The molecule has 1 aliphatic heterocycles. The summed E-state index contributed by atoms with van der Waals surface area (Å²) in [4.78, 5) is 2.69. The number of rotatable bonds is 9. The fourth-order valence-electron chi connectivity index (χ4n) is 3.50. The Bertz CT molecular complexity index is 932. The van der Waals surface area contributed by atoms with Crippen LogP contribution in [0.25, 0.3) is 0 Å². The fraction of sp³-hybridized carbons (Fsp3) is 0.429. The molecule has 2 aromatic rings. The van der Waals surface area contributed by atoms with E-state index in [1.807, 2.05) is 0 Å². The van der Waals surface area contributed by atoms with Crippen LogP contribution in [-0.4, -0.2) is 47.2 Å². The SMILES string of the molecule is COc1cc2c(cc1OC)CN(CCCCNS(=O)(=O)c1ccc(Br)cc1)CC2. The molecule has 0 fully saturated rings. The number of ether oxygens (including phenoxy) is 2. The summed E-state index contributed by atoms with van der Waals surface area (Å²) in [5.41, 5.74) is 2.57. The van der Waals surface area contributed by atoms with Gasteiger partial charge in [0.25, 0.3) is 0 Å². The number of hydrogen-bond acceptors (Lipinski definition) is 5. The van der Waals surface area contributed by atoms with E-state index in [1.54, 1.807) is 38.5 Å². The molecular weight excluding hydrogens is 456 g/mol. The quantitative estimate of drug-likeness (QED) is 0.553. The third-order valence-corrected chi connectivity index (χ3v) is 7.12. The molecule has 0 aliphatic carbocycles. The number of nitrogens with one attached hydrogen (secondary N) is 1. The standard InChI is InChI=1S/C21H27BrN2O4S/c1-27-20-13-16-9-12-24(15-17(16)14-21(20)28-2)11-4-3-10-23-29(25,26)19-7-5-18(22)6-8-19/h5-8,13-14,23H,3-4,9-12,15H2,1-2H3. The van der Waals surface area contributed by atoms with Gasteiger partial charge in [0.15, 0.2) is 11.5 Å². The van der Waals surface area contributed by atoms with Gasteiger partial charge in [-0.1, -0.05) is 15.9 Å². The lowest BCUT2D eigenvalue weighted by atomic mass is 9.98. The summed E-state index contributed by atoms with van der Waals surface area (Å²) in [6, 6.07) is 10.8. The van der Waals surface area contributed by atoms with Crippen molar-refractivity contribution in [3.63, 3.8) is 0 Å². The van der Waals surface area contributed by atoms with Crippen molar-refractivity contribution in [2.45, 2.75) is 30.7 Å². The molecule has 3 rings (SSSR count). The molecule has 0 radical (unpaired) electrons. The minimum atomic E-state index is -3.45. The molecule has 29 heavy (non-hydrogen) atoms. The first-order chi connectivity index (χ1) is 13.9. The summed E-state index contributed by atoms with van der Waals surface area (Å²) < 4.78 is 38.9. The average molecular weight is 483 g/mol. The van der Waals surface area contributed by atoms with Gasteiger partial charge < -0.3 is 9.47 Å². The van der Waals surface area contributed by atoms with Gasteiger partial charge in [-0.2, -0.15) is 0 Å². The van der Waals surface area contributed by atoms with Gasteiger partial charge in [0.05, 0.1) is 19.1 Å². The number of nitrogens with zero attached hydrogens (tertiary/aromatic N) is 1. The largest absolute Gasteiger partial charge is 0.493 e. The second-order valence-corrected chi connectivity index (χ2v) is 9.74. The zero-order valence-corrected chi connectivity index (χ0v) is 19.2. The van der Waals surface area contributed by atoms with Crippen LogP contribution in [0.15, 0.2) is 45.8 Å². The van der Waals surface area contributed by atoms with E-state index in [1.165, 1.54) is 11.1 Å². The van der Waals surface area contributed by atoms with Gasteiger partial charge >= 0.3 is 0 Å². The van der Waals surface area contributed by atoms with E-state index in [0.29, 0.717) is 6.54 Å². The Morgan fingerprint density at radius 2 is 1.69 bits per heavy atom. The monoisotopic (exact) mass is 482 g/mol. The molecular formula is C21H27BrN2O4S. The predicted octanol–water partition coefficient (Wildman–Crippen LogP) is 3.58. The first-order valence-corrected chi connectivity index (χ1v) is 11.9. The van der Waals surface area contributed by atoms with Crippen LogP contribution in [0.2, 0.25) is 0 Å². The Labute approximate surface area is 181 Å². The van der Waals surface area contributed by atoms with Gasteiger partial charge in [0, 0.05) is 24.1 Å². The molecule has 0 bridgehead atoms. The Morgan fingerprint density at radius 3 is 2.34 bits per heavy atom. The van der Waals surface area contributed by atoms with Crippen LogP contribution in [0.3, 0.4) is 0 Å². The van der Waals surface area contributed by atoms with Crippen LogP contribution >= 0.6 is 15.9 Å². The second kappa shape index (κ2) is 9.93. The first-order valence-electron chi connectivity index (χ1n) is 9.64. The molecule has 0 spiro atoms. The van der Waals surface area contributed by atoms with Gasteiger partial charge in [-0.25, -0.2) is 13.1 Å².